The molecule has 0 aliphatic heterocycles. The first-order valence-electron chi connectivity index (χ1n) is 7.01. The maximum absolute atomic E-state index is 5.88. The first-order valence-corrected chi connectivity index (χ1v) is 8.59. The molecule has 0 fully saturated rings. The average Bonchev–Trinajstić information content (AvgIpc) is 2.44. The summed E-state index contributed by atoms with van der Waals surface area (Å²) in [4.78, 5) is 0. The Bertz CT molecular complexity index is 734. The highest BCUT2D eigenvalue weighted by Gasteiger charge is 2.19. The summed E-state index contributed by atoms with van der Waals surface area (Å²) in [7, 11) is 0. The van der Waals surface area contributed by atoms with E-state index in [0.717, 1.165) is 25.9 Å². The van der Waals surface area contributed by atoms with Gasteiger partial charge in [-0.15, -0.1) is 0 Å². The number of hydrogen-bond acceptors (Lipinski definition) is 2. The summed E-state index contributed by atoms with van der Waals surface area (Å²) in [5.41, 5.74) is 16.7. The number of nitrogens with two attached hydrogens (primary N) is 2. The summed E-state index contributed by atoms with van der Waals surface area (Å²) < 4.78 is 1.85. The van der Waals surface area contributed by atoms with Crippen molar-refractivity contribution in [2.75, 3.05) is 11.5 Å². The Labute approximate surface area is 148 Å². The molecular weight excluding hydrogens is 404 g/mol. The molecule has 0 radical (unpaired) electrons. The molecule has 0 aromatic heterocycles. The third-order valence-corrected chi connectivity index (χ3v) is 5.15. The van der Waals surface area contributed by atoms with E-state index < -0.39 is 0 Å². The van der Waals surface area contributed by atoms with Crippen molar-refractivity contribution in [3.63, 3.8) is 0 Å². The van der Waals surface area contributed by atoms with Crippen LogP contribution in [0.2, 0.25) is 0 Å². The Hall–Kier alpha value is -1.26. The number of rotatable bonds is 3. The third kappa shape index (κ3) is 3.73. The van der Waals surface area contributed by atoms with Crippen molar-refractivity contribution in [2.24, 2.45) is 0 Å². The van der Waals surface area contributed by atoms with Gasteiger partial charge >= 0.3 is 0 Å². The molecule has 4 N–H and O–H groups in total. The zero-order chi connectivity index (χ0) is 16.5. The van der Waals surface area contributed by atoms with Gasteiger partial charge in [-0.05, 0) is 79.7 Å². The van der Waals surface area contributed by atoms with Crippen molar-refractivity contribution < 1.29 is 0 Å². The Morgan fingerprint density at radius 2 is 1.50 bits per heavy atom. The van der Waals surface area contributed by atoms with Crippen molar-refractivity contribution in [1.29, 1.82) is 0 Å². The van der Waals surface area contributed by atoms with E-state index in [4.69, 9.17) is 11.5 Å². The van der Waals surface area contributed by atoms with Crippen LogP contribution < -0.4 is 11.5 Å². The summed E-state index contributed by atoms with van der Waals surface area (Å²) in [6, 6.07) is 12.1. The fraction of sp³-hybridized carbons (Fsp3) is 0.222. The van der Waals surface area contributed by atoms with Gasteiger partial charge in [-0.25, -0.2) is 0 Å². The molecule has 0 saturated carbocycles. The van der Waals surface area contributed by atoms with Gasteiger partial charge in [-0.1, -0.05) is 32.1 Å². The second-order valence-electron chi connectivity index (χ2n) is 6.02. The minimum absolute atomic E-state index is 0.103. The van der Waals surface area contributed by atoms with E-state index in [9.17, 15) is 0 Å². The molecule has 0 bridgehead atoms. The van der Waals surface area contributed by atoms with Gasteiger partial charge in [0.15, 0.2) is 0 Å². The molecule has 0 unspecified atom stereocenters. The predicted octanol–water partition coefficient (Wildman–Crippen LogP) is 5.76. The fourth-order valence-corrected chi connectivity index (χ4v) is 3.17. The van der Waals surface area contributed by atoms with Crippen molar-refractivity contribution in [3.8, 4) is 0 Å². The molecule has 2 aromatic rings. The van der Waals surface area contributed by atoms with Crippen LogP contribution in [-0.2, 0) is 5.41 Å². The van der Waals surface area contributed by atoms with Crippen LogP contribution >= 0.6 is 31.9 Å². The van der Waals surface area contributed by atoms with Crippen LogP contribution in [0, 0.1) is 0 Å². The van der Waals surface area contributed by atoms with Crippen LogP contribution in [-0.4, -0.2) is 0 Å². The van der Waals surface area contributed by atoms with Crippen LogP contribution in [0.25, 0.3) is 5.57 Å². The number of allylic oxidation sites excluding steroid dienone is 2. The Morgan fingerprint density at radius 1 is 0.955 bits per heavy atom. The van der Waals surface area contributed by atoms with Crippen molar-refractivity contribution in [2.45, 2.75) is 26.2 Å². The fourth-order valence-electron chi connectivity index (χ4n) is 2.41. The van der Waals surface area contributed by atoms with Gasteiger partial charge in [-0.2, -0.15) is 0 Å². The van der Waals surface area contributed by atoms with E-state index in [0.29, 0.717) is 0 Å². The van der Waals surface area contributed by atoms with Gasteiger partial charge in [-0.3, -0.25) is 0 Å². The molecule has 0 aliphatic carbocycles. The molecule has 2 rings (SSSR count). The quantitative estimate of drug-likeness (QED) is 0.616. The summed E-state index contributed by atoms with van der Waals surface area (Å²) in [6.07, 6.45) is 2.27. The van der Waals surface area contributed by atoms with Gasteiger partial charge < -0.3 is 11.5 Å². The Kier molecular flexibility index (Phi) is 5.03. The van der Waals surface area contributed by atoms with Crippen LogP contribution in [0.4, 0.5) is 11.4 Å². The van der Waals surface area contributed by atoms with Gasteiger partial charge in [0.25, 0.3) is 0 Å². The molecule has 0 spiro atoms. The highest BCUT2D eigenvalue weighted by atomic mass is 79.9. The smallest absolute Gasteiger partial charge is 0.0458 e. The molecule has 116 valence electrons. The van der Waals surface area contributed by atoms with Crippen LogP contribution in [0.3, 0.4) is 0 Å². The molecule has 2 aromatic carbocycles. The van der Waals surface area contributed by atoms with Crippen molar-refractivity contribution >= 4 is 48.8 Å². The normalized spacial score (nSPS) is 12.5. The standard InChI is InChI=1S/C18H20Br2N2/c1-11(12-4-6-16(21)14(19)8-12)10-18(2,3)13-5-7-17(22)15(20)9-13/h4-10H,21-22H2,1-3H3/b11-10+. The lowest BCUT2D eigenvalue weighted by Gasteiger charge is -2.23. The largest absolute Gasteiger partial charge is 0.398 e. The second kappa shape index (κ2) is 6.47. The monoisotopic (exact) mass is 422 g/mol. The van der Waals surface area contributed by atoms with E-state index >= 15 is 0 Å². The molecule has 0 saturated heterocycles. The summed E-state index contributed by atoms with van der Waals surface area (Å²) in [6.45, 7) is 6.51. The second-order valence-corrected chi connectivity index (χ2v) is 7.73. The summed E-state index contributed by atoms with van der Waals surface area (Å²) >= 11 is 6.99. The molecule has 0 amide bonds. The van der Waals surface area contributed by atoms with E-state index in [-0.39, 0.29) is 5.41 Å². The lowest BCUT2D eigenvalue weighted by atomic mass is 9.82. The van der Waals surface area contributed by atoms with E-state index in [1.54, 1.807) is 0 Å². The van der Waals surface area contributed by atoms with Crippen LogP contribution in [0.15, 0.2) is 51.4 Å². The zero-order valence-corrected chi connectivity index (χ0v) is 16.1. The van der Waals surface area contributed by atoms with Gasteiger partial charge in [0.05, 0.1) is 0 Å². The summed E-state index contributed by atoms with van der Waals surface area (Å²) in [5, 5.41) is 0. The first kappa shape index (κ1) is 17.1. The van der Waals surface area contributed by atoms with E-state index in [2.05, 4.69) is 76.9 Å². The van der Waals surface area contributed by atoms with Gasteiger partial charge in [0.1, 0.15) is 0 Å². The van der Waals surface area contributed by atoms with Crippen molar-refractivity contribution in [3.05, 3.63) is 62.5 Å². The number of benzene rings is 2. The minimum atomic E-state index is -0.103. The Balaban J connectivity index is 2.39. The molecule has 4 heteroatoms. The number of hydrogen-bond donors (Lipinski definition) is 2. The lowest BCUT2D eigenvalue weighted by Crippen LogP contribution is -2.14. The predicted molar refractivity (Wildman–Crippen MR) is 104 cm³/mol. The average molecular weight is 424 g/mol. The third-order valence-electron chi connectivity index (χ3n) is 3.78. The number of nitrogen functional groups attached to an aromatic ring is 2. The molecule has 0 atom stereocenters. The van der Waals surface area contributed by atoms with Crippen molar-refractivity contribution in [1.82, 2.24) is 0 Å². The van der Waals surface area contributed by atoms with Gasteiger partial charge in [0.2, 0.25) is 0 Å². The van der Waals surface area contributed by atoms with Crippen LogP contribution in [0.1, 0.15) is 31.9 Å². The zero-order valence-electron chi connectivity index (χ0n) is 13.0. The molecule has 0 aliphatic rings. The molecule has 0 heterocycles. The Morgan fingerprint density at radius 3 is 2.05 bits per heavy atom. The first-order chi connectivity index (χ1) is 10.2. The SMILES string of the molecule is C/C(=C\C(C)(C)c1ccc(N)c(Br)c1)c1ccc(N)c(Br)c1. The highest BCUT2D eigenvalue weighted by molar-refractivity contribution is 9.11. The van der Waals surface area contributed by atoms with E-state index in [1.807, 2.05) is 18.2 Å². The van der Waals surface area contributed by atoms with Gasteiger partial charge in [0, 0.05) is 25.7 Å². The summed E-state index contributed by atoms with van der Waals surface area (Å²) in [5.74, 6) is 0. The highest BCUT2D eigenvalue weighted by Crippen LogP contribution is 2.33. The topological polar surface area (TPSA) is 52.0 Å². The van der Waals surface area contributed by atoms with E-state index in [1.165, 1.54) is 11.1 Å². The molecular formula is C18H20Br2N2. The maximum Gasteiger partial charge on any atom is 0.0458 e. The maximum atomic E-state index is 5.88. The van der Waals surface area contributed by atoms with Crippen LogP contribution in [0.5, 0.6) is 0 Å². The molecule has 2 nitrogen and oxygen atoms in total. The number of anilines is 2. The minimum Gasteiger partial charge on any atom is -0.398 e. The molecule has 22 heavy (non-hydrogen) atoms. The number of halogens is 2. The lowest BCUT2D eigenvalue weighted by molar-refractivity contribution is 0.670.